The van der Waals surface area contributed by atoms with Gasteiger partial charge in [-0.1, -0.05) is 24.3 Å². The van der Waals surface area contributed by atoms with Crippen molar-refractivity contribution < 1.29 is 19.7 Å². The Morgan fingerprint density at radius 1 is 1.41 bits per heavy atom. The van der Waals surface area contributed by atoms with Gasteiger partial charge in [-0.2, -0.15) is 0 Å². The standard InChI is InChI=1S/C13H16O4/c1-17-8-9-2-4-10(5-3-9)13(6-7-13)11(14)12(15)16/h2-5,11,14H,6-8H2,1H3,(H,15,16). The Balaban J connectivity index is 2.20. The van der Waals surface area contributed by atoms with E-state index in [2.05, 4.69) is 0 Å². The van der Waals surface area contributed by atoms with E-state index in [9.17, 15) is 9.90 Å². The molecule has 1 atom stereocenters. The molecule has 1 saturated carbocycles. The average molecular weight is 236 g/mol. The molecule has 1 unspecified atom stereocenters. The molecule has 1 aromatic carbocycles. The van der Waals surface area contributed by atoms with Crippen molar-refractivity contribution in [1.29, 1.82) is 0 Å². The number of hydrogen-bond donors (Lipinski definition) is 2. The minimum absolute atomic E-state index is 0.536. The third-order valence-electron chi connectivity index (χ3n) is 3.39. The van der Waals surface area contributed by atoms with Crippen molar-refractivity contribution in [3.05, 3.63) is 35.4 Å². The highest BCUT2D eigenvalue weighted by Crippen LogP contribution is 2.51. The molecule has 1 fully saturated rings. The number of ether oxygens (including phenoxy) is 1. The second kappa shape index (κ2) is 4.47. The van der Waals surface area contributed by atoms with Crippen molar-refractivity contribution in [2.45, 2.75) is 31.0 Å². The number of benzene rings is 1. The van der Waals surface area contributed by atoms with Crippen LogP contribution in [-0.2, 0) is 21.6 Å². The van der Waals surface area contributed by atoms with Crippen molar-refractivity contribution in [3.63, 3.8) is 0 Å². The van der Waals surface area contributed by atoms with E-state index in [0.29, 0.717) is 6.61 Å². The maximum Gasteiger partial charge on any atom is 0.333 e. The molecule has 0 aliphatic heterocycles. The van der Waals surface area contributed by atoms with Crippen LogP contribution >= 0.6 is 0 Å². The zero-order chi connectivity index (χ0) is 12.5. The summed E-state index contributed by atoms with van der Waals surface area (Å²) in [6, 6.07) is 7.59. The van der Waals surface area contributed by atoms with Gasteiger partial charge in [0.15, 0.2) is 6.10 Å². The Hall–Kier alpha value is -1.39. The predicted octanol–water partition coefficient (Wildman–Crippen LogP) is 1.31. The van der Waals surface area contributed by atoms with E-state index in [1.807, 2.05) is 24.3 Å². The molecule has 17 heavy (non-hydrogen) atoms. The minimum Gasteiger partial charge on any atom is -0.479 e. The zero-order valence-electron chi connectivity index (χ0n) is 9.72. The molecule has 0 saturated heterocycles. The number of aliphatic carboxylic acids is 1. The summed E-state index contributed by atoms with van der Waals surface area (Å²) in [5.74, 6) is -1.15. The molecule has 0 spiro atoms. The summed E-state index contributed by atoms with van der Waals surface area (Å²) in [7, 11) is 1.63. The fraction of sp³-hybridized carbons (Fsp3) is 0.462. The molecule has 4 nitrogen and oxygen atoms in total. The molecule has 1 aromatic rings. The maximum atomic E-state index is 10.9. The number of aliphatic hydroxyl groups is 1. The fourth-order valence-electron chi connectivity index (χ4n) is 2.19. The molecule has 0 bridgehead atoms. The lowest BCUT2D eigenvalue weighted by Crippen LogP contribution is -2.33. The van der Waals surface area contributed by atoms with Gasteiger partial charge in [0.25, 0.3) is 0 Å². The molecule has 0 radical (unpaired) electrons. The SMILES string of the molecule is COCc1ccc(C2(C(O)C(=O)O)CC2)cc1. The monoisotopic (exact) mass is 236 g/mol. The lowest BCUT2D eigenvalue weighted by Gasteiger charge is -2.19. The van der Waals surface area contributed by atoms with Crippen LogP contribution in [0.2, 0.25) is 0 Å². The largest absolute Gasteiger partial charge is 0.479 e. The third kappa shape index (κ3) is 2.18. The summed E-state index contributed by atoms with van der Waals surface area (Å²) < 4.78 is 5.01. The summed E-state index contributed by atoms with van der Waals surface area (Å²) >= 11 is 0. The van der Waals surface area contributed by atoms with Crippen molar-refractivity contribution in [3.8, 4) is 0 Å². The number of methoxy groups -OCH3 is 1. The number of carboxylic acids is 1. The number of hydrogen-bond acceptors (Lipinski definition) is 3. The molecule has 2 N–H and O–H groups in total. The molecule has 0 amide bonds. The summed E-state index contributed by atoms with van der Waals surface area (Å²) in [4.78, 5) is 10.9. The van der Waals surface area contributed by atoms with Crippen molar-refractivity contribution in [2.75, 3.05) is 7.11 Å². The molecule has 2 rings (SSSR count). The van der Waals surface area contributed by atoms with Crippen molar-refractivity contribution >= 4 is 5.97 Å². The van der Waals surface area contributed by atoms with E-state index < -0.39 is 17.5 Å². The smallest absolute Gasteiger partial charge is 0.333 e. The Bertz CT molecular complexity index is 406. The highest BCUT2D eigenvalue weighted by atomic mass is 16.5. The Kier molecular flexibility index (Phi) is 3.17. The number of aliphatic hydroxyl groups excluding tert-OH is 1. The molecule has 0 aromatic heterocycles. The minimum atomic E-state index is -1.31. The molecule has 92 valence electrons. The van der Waals surface area contributed by atoms with E-state index in [1.165, 1.54) is 0 Å². The zero-order valence-corrected chi connectivity index (χ0v) is 9.72. The average Bonchev–Trinajstić information content (AvgIpc) is 3.11. The van der Waals surface area contributed by atoms with Gasteiger partial charge >= 0.3 is 5.97 Å². The molecular weight excluding hydrogens is 220 g/mol. The third-order valence-corrected chi connectivity index (χ3v) is 3.39. The predicted molar refractivity (Wildman–Crippen MR) is 61.7 cm³/mol. The lowest BCUT2D eigenvalue weighted by atomic mass is 9.89. The molecule has 1 aliphatic carbocycles. The first-order chi connectivity index (χ1) is 8.10. The van der Waals surface area contributed by atoms with Gasteiger partial charge in [0.05, 0.1) is 6.61 Å². The molecular formula is C13H16O4. The van der Waals surface area contributed by atoms with Gasteiger partial charge in [-0.25, -0.2) is 4.79 Å². The first kappa shape index (κ1) is 12.1. The normalized spacial score (nSPS) is 18.7. The quantitative estimate of drug-likeness (QED) is 0.809. The van der Waals surface area contributed by atoms with Crippen LogP contribution in [0.4, 0.5) is 0 Å². The highest BCUT2D eigenvalue weighted by Gasteiger charge is 2.53. The van der Waals surface area contributed by atoms with E-state index in [4.69, 9.17) is 9.84 Å². The van der Waals surface area contributed by atoms with E-state index in [1.54, 1.807) is 7.11 Å². The second-order valence-corrected chi connectivity index (χ2v) is 4.53. The van der Waals surface area contributed by atoms with E-state index >= 15 is 0 Å². The summed E-state index contributed by atoms with van der Waals surface area (Å²) in [6.07, 6.45) is 0.143. The summed E-state index contributed by atoms with van der Waals surface area (Å²) in [6.45, 7) is 0.536. The van der Waals surface area contributed by atoms with Gasteiger partial charge in [-0.05, 0) is 24.0 Å². The van der Waals surface area contributed by atoms with Crippen LogP contribution in [0.3, 0.4) is 0 Å². The van der Waals surface area contributed by atoms with Crippen LogP contribution in [0.15, 0.2) is 24.3 Å². The van der Waals surface area contributed by atoms with Gasteiger partial charge in [0.2, 0.25) is 0 Å². The maximum absolute atomic E-state index is 10.9. The van der Waals surface area contributed by atoms with Crippen LogP contribution in [0, 0.1) is 0 Å². The number of carboxylic acid groups (broad SMARTS) is 1. The van der Waals surface area contributed by atoms with E-state index in [-0.39, 0.29) is 0 Å². The van der Waals surface area contributed by atoms with Crippen LogP contribution in [0.5, 0.6) is 0 Å². The van der Waals surface area contributed by atoms with Gasteiger partial charge in [0.1, 0.15) is 0 Å². The van der Waals surface area contributed by atoms with Gasteiger partial charge in [0, 0.05) is 12.5 Å². The highest BCUT2D eigenvalue weighted by molar-refractivity contribution is 5.75. The van der Waals surface area contributed by atoms with E-state index in [0.717, 1.165) is 24.0 Å². The lowest BCUT2D eigenvalue weighted by molar-refractivity contribution is -0.148. The molecule has 4 heteroatoms. The van der Waals surface area contributed by atoms with Crippen molar-refractivity contribution in [2.24, 2.45) is 0 Å². The fourth-order valence-corrected chi connectivity index (χ4v) is 2.19. The first-order valence-electron chi connectivity index (χ1n) is 5.59. The molecule has 0 heterocycles. The van der Waals surface area contributed by atoms with Crippen molar-refractivity contribution in [1.82, 2.24) is 0 Å². The van der Waals surface area contributed by atoms with Crippen LogP contribution in [-0.4, -0.2) is 29.4 Å². The topological polar surface area (TPSA) is 66.8 Å². The number of carbonyl (C=O) groups is 1. The Morgan fingerprint density at radius 3 is 2.41 bits per heavy atom. The van der Waals surface area contributed by atoms with Gasteiger partial charge in [-0.15, -0.1) is 0 Å². The first-order valence-corrected chi connectivity index (χ1v) is 5.59. The van der Waals surface area contributed by atoms with Crippen LogP contribution in [0.25, 0.3) is 0 Å². The Labute approximate surface area is 99.8 Å². The van der Waals surface area contributed by atoms with Crippen LogP contribution in [0.1, 0.15) is 24.0 Å². The summed E-state index contributed by atoms with van der Waals surface area (Å²) in [5, 5.41) is 18.6. The molecule has 1 aliphatic rings. The summed E-state index contributed by atoms with van der Waals surface area (Å²) in [5.41, 5.74) is 1.36. The van der Waals surface area contributed by atoms with Gasteiger partial charge < -0.3 is 14.9 Å². The van der Waals surface area contributed by atoms with Gasteiger partial charge in [-0.3, -0.25) is 0 Å². The Morgan fingerprint density at radius 2 is 2.00 bits per heavy atom. The number of rotatable bonds is 5. The second-order valence-electron chi connectivity index (χ2n) is 4.53. The van der Waals surface area contributed by atoms with Crippen LogP contribution < -0.4 is 0 Å².